The standard InChI is InChI=1S/C12H10FNO4/c1-14(8-4-2-7(13)3-5-8)11-10(12(16)17)9(15)6-18-11/h2-5H,6H2,1H3,(H,16,17). The third-order valence-electron chi connectivity index (χ3n) is 2.57. The van der Waals surface area contributed by atoms with Crippen molar-refractivity contribution in [3.05, 3.63) is 41.5 Å². The van der Waals surface area contributed by atoms with Crippen molar-refractivity contribution >= 4 is 17.4 Å². The summed E-state index contributed by atoms with van der Waals surface area (Å²) in [5.41, 5.74) is 0.140. The van der Waals surface area contributed by atoms with Crippen LogP contribution in [0.15, 0.2) is 35.7 Å². The summed E-state index contributed by atoms with van der Waals surface area (Å²) in [7, 11) is 1.55. The van der Waals surface area contributed by atoms with E-state index in [1.54, 1.807) is 7.05 Å². The topological polar surface area (TPSA) is 66.8 Å². The highest BCUT2D eigenvalue weighted by Crippen LogP contribution is 2.25. The fourth-order valence-corrected chi connectivity index (χ4v) is 1.65. The number of carboxylic acid groups (broad SMARTS) is 1. The molecule has 0 aliphatic carbocycles. The van der Waals surface area contributed by atoms with Crippen LogP contribution in [0.25, 0.3) is 0 Å². The second kappa shape index (κ2) is 4.48. The summed E-state index contributed by atoms with van der Waals surface area (Å²) in [5, 5.41) is 8.95. The zero-order valence-corrected chi connectivity index (χ0v) is 9.51. The van der Waals surface area contributed by atoms with Gasteiger partial charge in [0.1, 0.15) is 5.82 Å². The molecule has 0 aromatic heterocycles. The average molecular weight is 251 g/mol. The molecule has 0 saturated heterocycles. The van der Waals surface area contributed by atoms with E-state index in [9.17, 15) is 14.0 Å². The van der Waals surface area contributed by atoms with E-state index in [1.807, 2.05) is 0 Å². The van der Waals surface area contributed by atoms with Crippen molar-refractivity contribution in [3.63, 3.8) is 0 Å². The summed E-state index contributed by atoms with van der Waals surface area (Å²) < 4.78 is 17.9. The third-order valence-corrected chi connectivity index (χ3v) is 2.57. The van der Waals surface area contributed by atoms with Crippen LogP contribution in [0.1, 0.15) is 0 Å². The molecule has 6 heteroatoms. The van der Waals surface area contributed by atoms with Gasteiger partial charge in [-0.2, -0.15) is 0 Å². The van der Waals surface area contributed by atoms with Gasteiger partial charge in [-0.15, -0.1) is 0 Å². The maximum Gasteiger partial charge on any atom is 0.344 e. The van der Waals surface area contributed by atoms with Crippen LogP contribution in [-0.4, -0.2) is 30.5 Å². The maximum atomic E-state index is 12.8. The van der Waals surface area contributed by atoms with E-state index >= 15 is 0 Å². The quantitative estimate of drug-likeness (QED) is 0.816. The zero-order valence-electron chi connectivity index (χ0n) is 9.51. The minimum absolute atomic E-state index is 0.0286. The van der Waals surface area contributed by atoms with Crippen LogP contribution in [0.3, 0.4) is 0 Å². The lowest BCUT2D eigenvalue weighted by Gasteiger charge is -2.19. The van der Waals surface area contributed by atoms with E-state index in [-0.39, 0.29) is 18.1 Å². The number of nitrogens with zero attached hydrogens (tertiary/aromatic N) is 1. The first-order valence-electron chi connectivity index (χ1n) is 5.13. The fourth-order valence-electron chi connectivity index (χ4n) is 1.65. The Hall–Kier alpha value is -2.37. The number of halogens is 1. The number of anilines is 1. The van der Waals surface area contributed by atoms with E-state index in [4.69, 9.17) is 9.84 Å². The minimum Gasteiger partial charge on any atom is -0.477 e. The minimum atomic E-state index is -1.33. The van der Waals surface area contributed by atoms with Gasteiger partial charge in [-0.25, -0.2) is 9.18 Å². The molecule has 18 heavy (non-hydrogen) atoms. The summed E-state index contributed by atoms with van der Waals surface area (Å²) in [6.45, 7) is -0.289. The lowest BCUT2D eigenvalue weighted by atomic mass is 10.2. The molecule has 0 bridgehead atoms. The monoisotopic (exact) mass is 251 g/mol. The molecule has 1 aliphatic rings. The van der Waals surface area contributed by atoms with Crippen molar-refractivity contribution in [3.8, 4) is 0 Å². The zero-order chi connectivity index (χ0) is 13.3. The Balaban J connectivity index is 2.38. The number of ketones is 1. The van der Waals surface area contributed by atoms with E-state index in [0.717, 1.165) is 0 Å². The Morgan fingerprint density at radius 1 is 1.39 bits per heavy atom. The Morgan fingerprint density at radius 2 is 2.00 bits per heavy atom. The highest BCUT2D eigenvalue weighted by Gasteiger charge is 2.33. The first kappa shape index (κ1) is 12.1. The number of carbonyl (C=O) groups is 2. The van der Waals surface area contributed by atoms with E-state index in [0.29, 0.717) is 5.69 Å². The predicted octanol–water partition coefficient (Wildman–Crippen LogP) is 1.16. The first-order valence-corrected chi connectivity index (χ1v) is 5.13. The predicted molar refractivity (Wildman–Crippen MR) is 60.4 cm³/mol. The molecule has 2 rings (SSSR count). The highest BCUT2D eigenvalue weighted by molar-refractivity contribution is 6.19. The SMILES string of the molecule is CN(C1=C(C(=O)O)C(=O)CO1)c1ccc(F)cc1. The Bertz CT molecular complexity index is 536. The van der Waals surface area contributed by atoms with Crippen LogP contribution in [-0.2, 0) is 14.3 Å². The molecule has 0 radical (unpaired) electrons. The van der Waals surface area contributed by atoms with Crippen LogP contribution in [0.2, 0.25) is 0 Å². The van der Waals surface area contributed by atoms with Gasteiger partial charge in [0.2, 0.25) is 11.7 Å². The summed E-state index contributed by atoms with van der Waals surface area (Å²) in [6.07, 6.45) is 0. The number of Topliss-reactive ketones (excluding diaryl/α,β-unsaturated/α-hetero) is 1. The number of hydrogen-bond acceptors (Lipinski definition) is 4. The first-order chi connectivity index (χ1) is 8.50. The second-order valence-corrected chi connectivity index (χ2v) is 3.73. The lowest BCUT2D eigenvalue weighted by molar-refractivity contribution is -0.134. The Labute approximate surface area is 102 Å². The largest absolute Gasteiger partial charge is 0.477 e. The van der Waals surface area contributed by atoms with Gasteiger partial charge in [-0.1, -0.05) is 0 Å². The van der Waals surface area contributed by atoms with Crippen LogP contribution < -0.4 is 4.90 Å². The number of carbonyl (C=O) groups excluding carboxylic acids is 1. The Kier molecular flexibility index (Phi) is 3.01. The number of aliphatic carboxylic acids is 1. The molecule has 94 valence electrons. The van der Waals surface area contributed by atoms with Crippen molar-refractivity contribution in [1.29, 1.82) is 0 Å². The molecule has 0 fully saturated rings. The van der Waals surface area contributed by atoms with Gasteiger partial charge in [0.05, 0.1) is 0 Å². The molecule has 1 aromatic rings. The van der Waals surface area contributed by atoms with Crippen LogP contribution in [0, 0.1) is 5.82 Å². The van der Waals surface area contributed by atoms with Gasteiger partial charge in [-0.05, 0) is 24.3 Å². The number of carboxylic acids is 1. The van der Waals surface area contributed by atoms with Gasteiger partial charge in [0, 0.05) is 12.7 Å². The Morgan fingerprint density at radius 3 is 2.56 bits per heavy atom. The molecular weight excluding hydrogens is 241 g/mol. The van der Waals surface area contributed by atoms with Gasteiger partial charge in [0.25, 0.3) is 0 Å². The van der Waals surface area contributed by atoms with Crippen LogP contribution in [0.5, 0.6) is 0 Å². The summed E-state index contributed by atoms with van der Waals surface area (Å²) >= 11 is 0. The molecular formula is C12H10FNO4. The van der Waals surface area contributed by atoms with Crippen molar-refractivity contribution in [2.24, 2.45) is 0 Å². The summed E-state index contributed by atoms with van der Waals surface area (Å²) in [4.78, 5) is 23.7. The van der Waals surface area contributed by atoms with E-state index in [2.05, 4.69) is 0 Å². The normalized spacial score (nSPS) is 14.7. The van der Waals surface area contributed by atoms with Crippen LogP contribution in [0.4, 0.5) is 10.1 Å². The number of rotatable bonds is 3. The maximum absolute atomic E-state index is 12.8. The van der Waals surface area contributed by atoms with E-state index in [1.165, 1.54) is 29.2 Å². The van der Waals surface area contributed by atoms with Gasteiger partial charge in [-0.3, -0.25) is 4.79 Å². The number of benzene rings is 1. The molecule has 0 amide bonds. The fraction of sp³-hybridized carbons (Fsp3) is 0.167. The van der Waals surface area contributed by atoms with Gasteiger partial charge in [0.15, 0.2) is 12.2 Å². The molecule has 1 aliphatic heterocycles. The lowest BCUT2D eigenvalue weighted by Crippen LogP contribution is -2.20. The molecule has 1 aromatic carbocycles. The molecule has 5 nitrogen and oxygen atoms in total. The molecule has 0 unspecified atom stereocenters. The number of hydrogen-bond donors (Lipinski definition) is 1. The molecule has 0 atom stereocenters. The van der Waals surface area contributed by atoms with Gasteiger partial charge < -0.3 is 14.7 Å². The molecule has 1 N–H and O–H groups in total. The summed E-state index contributed by atoms with van der Waals surface area (Å²) in [5.74, 6) is -2.34. The molecule has 0 saturated carbocycles. The van der Waals surface area contributed by atoms with Crippen molar-refractivity contribution in [1.82, 2.24) is 0 Å². The van der Waals surface area contributed by atoms with Crippen molar-refractivity contribution in [2.45, 2.75) is 0 Å². The molecule has 0 spiro atoms. The summed E-state index contributed by atoms with van der Waals surface area (Å²) in [6, 6.07) is 5.41. The smallest absolute Gasteiger partial charge is 0.344 e. The second-order valence-electron chi connectivity index (χ2n) is 3.73. The molecule has 1 heterocycles. The van der Waals surface area contributed by atoms with Crippen molar-refractivity contribution < 1.29 is 23.8 Å². The van der Waals surface area contributed by atoms with E-state index < -0.39 is 17.6 Å². The average Bonchev–Trinajstić information content (AvgIpc) is 2.71. The van der Waals surface area contributed by atoms with Gasteiger partial charge >= 0.3 is 5.97 Å². The number of ether oxygens (including phenoxy) is 1. The highest BCUT2D eigenvalue weighted by atomic mass is 19.1. The van der Waals surface area contributed by atoms with Crippen molar-refractivity contribution in [2.75, 3.05) is 18.6 Å². The van der Waals surface area contributed by atoms with Crippen LogP contribution >= 0.6 is 0 Å². The third kappa shape index (κ3) is 2.04.